The molecule has 3 aromatic rings. The summed E-state index contributed by atoms with van der Waals surface area (Å²) in [4.78, 5) is 12.4. The fraction of sp³-hybridized carbons (Fsp3) is 0.174. The molecule has 0 saturated heterocycles. The van der Waals surface area contributed by atoms with Crippen molar-refractivity contribution >= 4 is 5.91 Å². The third kappa shape index (κ3) is 3.20. The van der Waals surface area contributed by atoms with Gasteiger partial charge in [-0.3, -0.25) is 4.79 Å². The summed E-state index contributed by atoms with van der Waals surface area (Å²) in [5, 5.41) is 3.11. The number of nitrogens with one attached hydrogen (secondary N) is 1. The first-order valence-corrected chi connectivity index (χ1v) is 8.80. The fourth-order valence-electron chi connectivity index (χ4n) is 3.84. The fourth-order valence-corrected chi connectivity index (χ4v) is 3.84. The van der Waals surface area contributed by atoms with E-state index in [2.05, 4.69) is 59.9 Å². The molecule has 1 amide bonds. The smallest absolute Gasteiger partial charge is 0.251 e. The van der Waals surface area contributed by atoms with Crippen LogP contribution in [0.1, 0.15) is 45.3 Å². The lowest BCUT2D eigenvalue weighted by atomic mass is 9.93. The second-order valence-corrected chi connectivity index (χ2v) is 6.60. The van der Waals surface area contributed by atoms with Crippen LogP contribution in [0.15, 0.2) is 84.9 Å². The van der Waals surface area contributed by atoms with Gasteiger partial charge in [0.15, 0.2) is 0 Å². The number of fused-ring (bicyclic) bond motifs is 1. The Morgan fingerprint density at radius 1 is 0.800 bits per heavy atom. The van der Waals surface area contributed by atoms with Crippen molar-refractivity contribution < 1.29 is 4.79 Å². The van der Waals surface area contributed by atoms with E-state index in [1.807, 2.05) is 30.3 Å². The van der Waals surface area contributed by atoms with Crippen LogP contribution in [0.3, 0.4) is 0 Å². The summed E-state index contributed by atoms with van der Waals surface area (Å²) in [5.74, 6) is 0.770. The molecular formula is C23H21NO. The zero-order chi connectivity index (χ0) is 17.1. The second kappa shape index (κ2) is 6.94. The van der Waals surface area contributed by atoms with E-state index in [0.29, 0.717) is 23.9 Å². The first-order valence-electron chi connectivity index (χ1n) is 8.80. The maximum atomic E-state index is 12.4. The normalized spacial score (nSPS) is 18.6. The summed E-state index contributed by atoms with van der Waals surface area (Å²) in [7, 11) is 0. The summed E-state index contributed by atoms with van der Waals surface area (Å²) in [5.41, 5.74) is 4.83. The molecule has 0 spiro atoms. The number of carbonyl (C=O) groups excluding carboxylic acids is 1. The molecule has 2 nitrogen and oxygen atoms in total. The van der Waals surface area contributed by atoms with Gasteiger partial charge in [0.25, 0.3) is 5.91 Å². The van der Waals surface area contributed by atoms with Crippen molar-refractivity contribution in [3.63, 3.8) is 0 Å². The van der Waals surface area contributed by atoms with Crippen molar-refractivity contribution in [1.82, 2.24) is 5.32 Å². The molecule has 0 heterocycles. The summed E-state index contributed by atoms with van der Waals surface area (Å²) >= 11 is 0. The minimum absolute atomic E-state index is 0.00115. The van der Waals surface area contributed by atoms with Crippen LogP contribution in [-0.4, -0.2) is 12.5 Å². The van der Waals surface area contributed by atoms with Gasteiger partial charge in [-0.05, 0) is 35.2 Å². The maximum absolute atomic E-state index is 12.4. The Morgan fingerprint density at radius 3 is 2.12 bits per heavy atom. The number of carbonyl (C=O) groups is 1. The van der Waals surface area contributed by atoms with Gasteiger partial charge in [-0.2, -0.15) is 0 Å². The van der Waals surface area contributed by atoms with Gasteiger partial charge in [0.1, 0.15) is 0 Å². The van der Waals surface area contributed by atoms with E-state index in [0.717, 1.165) is 6.42 Å². The number of hydrogen-bond acceptors (Lipinski definition) is 1. The van der Waals surface area contributed by atoms with Crippen LogP contribution < -0.4 is 5.32 Å². The minimum Gasteiger partial charge on any atom is -0.351 e. The Labute approximate surface area is 148 Å². The molecule has 3 aromatic carbocycles. The maximum Gasteiger partial charge on any atom is 0.251 e. The third-order valence-electron chi connectivity index (χ3n) is 5.08. The Bertz CT molecular complexity index is 858. The molecule has 124 valence electrons. The van der Waals surface area contributed by atoms with Crippen molar-refractivity contribution in [1.29, 1.82) is 0 Å². The van der Waals surface area contributed by atoms with Gasteiger partial charge in [-0.15, -0.1) is 0 Å². The predicted molar refractivity (Wildman–Crippen MR) is 101 cm³/mol. The van der Waals surface area contributed by atoms with E-state index in [9.17, 15) is 4.79 Å². The lowest BCUT2D eigenvalue weighted by Crippen LogP contribution is -2.27. The van der Waals surface area contributed by atoms with E-state index in [4.69, 9.17) is 0 Å². The lowest BCUT2D eigenvalue weighted by molar-refractivity contribution is 0.0951. The monoisotopic (exact) mass is 327 g/mol. The largest absolute Gasteiger partial charge is 0.351 e. The van der Waals surface area contributed by atoms with Gasteiger partial charge in [-0.1, -0.05) is 72.8 Å². The molecule has 25 heavy (non-hydrogen) atoms. The molecule has 1 aliphatic carbocycles. The van der Waals surface area contributed by atoms with E-state index in [1.165, 1.54) is 16.7 Å². The summed E-state index contributed by atoms with van der Waals surface area (Å²) in [6.45, 7) is 0.675. The standard InChI is InChI=1S/C23H21NO/c25-23(18-11-5-2-6-12-18)24-16-19-15-22(17-9-3-1-4-10-17)21-14-8-7-13-20(19)21/h1-14,19,22H,15-16H2,(H,24,25)/t19-,22-/m0/s1. The second-order valence-electron chi connectivity index (χ2n) is 6.60. The molecule has 0 unspecified atom stereocenters. The van der Waals surface area contributed by atoms with Crippen LogP contribution in [0.25, 0.3) is 0 Å². The molecule has 0 aromatic heterocycles. The molecule has 0 aliphatic heterocycles. The molecule has 4 rings (SSSR count). The van der Waals surface area contributed by atoms with Gasteiger partial charge in [0.2, 0.25) is 0 Å². The first-order chi connectivity index (χ1) is 12.3. The highest BCUT2D eigenvalue weighted by molar-refractivity contribution is 5.94. The van der Waals surface area contributed by atoms with Gasteiger partial charge >= 0.3 is 0 Å². The highest BCUT2D eigenvalue weighted by Gasteiger charge is 2.31. The van der Waals surface area contributed by atoms with Crippen molar-refractivity contribution in [2.75, 3.05) is 6.54 Å². The van der Waals surface area contributed by atoms with Crippen molar-refractivity contribution in [2.45, 2.75) is 18.3 Å². The summed E-state index contributed by atoms with van der Waals surface area (Å²) in [6, 6.07) is 28.7. The molecule has 0 fully saturated rings. The number of amides is 1. The van der Waals surface area contributed by atoms with E-state index < -0.39 is 0 Å². The molecule has 0 radical (unpaired) electrons. The lowest BCUT2D eigenvalue weighted by Gasteiger charge is -2.14. The molecule has 1 N–H and O–H groups in total. The highest BCUT2D eigenvalue weighted by Crippen LogP contribution is 2.44. The van der Waals surface area contributed by atoms with Crippen LogP contribution in [0.2, 0.25) is 0 Å². The predicted octanol–water partition coefficient (Wildman–Crippen LogP) is 4.74. The number of hydrogen-bond donors (Lipinski definition) is 1. The molecule has 0 saturated carbocycles. The SMILES string of the molecule is O=C(NC[C@@H]1C[C@@H](c2ccccc2)c2ccccc21)c1ccccc1. The quantitative estimate of drug-likeness (QED) is 0.737. The van der Waals surface area contributed by atoms with Gasteiger partial charge < -0.3 is 5.32 Å². The van der Waals surface area contributed by atoms with Crippen molar-refractivity contribution in [3.05, 3.63) is 107 Å². The van der Waals surface area contributed by atoms with E-state index in [1.54, 1.807) is 0 Å². The average molecular weight is 327 g/mol. The zero-order valence-corrected chi connectivity index (χ0v) is 14.1. The highest BCUT2D eigenvalue weighted by atomic mass is 16.1. The summed E-state index contributed by atoms with van der Waals surface area (Å²) in [6.07, 6.45) is 1.04. The molecule has 2 heteroatoms. The minimum atomic E-state index is 0.00115. The van der Waals surface area contributed by atoms with Gasteiger partial charge in [0.05, 0.1) is 0 Å². The molecular weight excluding hydrogens is 306 g/mol. The van der Waals surface area contributed by atoms with Crippen molar-refractivity contribution in [2.24, 2.45) is 0 Å². The Balaban J connectivity index is 1.52. The van der Waals surface area contributed by atoms with E-state index in [-0.39, 0.29) is 5.91 Å². The van der Waals surface area contributed by atoms with Crippen LogP contribution in [0.5, 0.6) is 0 Å². The zero-order valence-electron chi connectivity index (χ0n) is 14.1. The van der Waals surface area contributed by atoms with Crippen LogP contribution >= 0.6 is 0 Å². The number of benzene rings is 3. The Hall–Kier alpha value is -2.87. The van der Waals surface area contributed by atoms with Gasteiger partial charge in [-0.25, -0.2) is 0 Å². The number of rotatable bonds is 4. The molecule has 0 bridgehead atoms. The van der Waals surface area contributed by atoms with Crippen LogP contribution in [0.4, 0.5) is 0 Å². The topological polar surface area (TPSA) is 29.1 Å². The summed E-state index contributed by atoms with van der Waals surface area (Å²) < 4.78 is 0. The van der Waals surface area contributed by atoms with E-state index >= 15 is 0 Å². The third-order valence-corrected chi connectivity index (χ3v) is 5.08. The first kappa shape index (κ1) is 15.6. The van der Waals surface area contributed by atoms with Crippen LogP contribution in [-0.2, 0) is 0 Å². The molecule has 2 atom stereocenters. The Morgan fingerprint density at radius 2 is 1.40 bits per heavy atom. The van der Waals surface area contributed by atoms with Crippen LogP contribution in [0, 0.1) is 0 Å². The van der Waals surface area contributed by atoms with Gasteiger partial charge in [0, 0.05) is 23.9 Å². The average Bonchev–Trinajstić information content (AvgIpc) is 3.06. The Kier molecular flexibility index (Phi) is 4.34. The molecule has 1 aliphatic rings. The van der Waals surface area contributed by atoms with Crippen molar-refractivity contribution in [3.8, 4) is 0 Å².